The number of nitrogens with zero attached hydrogens (tertiary/aromatic N) is 3. The molecule has 106 valence electrons. The number of rotatable bonds is 2. The zero-order valence-electron chi connectivity index (χ0n) is 11.7. The molecule has 21 heavy (non-hydrogen) atoms. The number of benzene rings is 1. The first-order valence-corrected chi connectivity index (χ1v) is 6.47. The predicted octanol–water partition coefficient (Wildman–Crippen LogP) is 1.13. The average molecular weight is 282 g/mol. The molecule has 2 aromatic heterocycles. The maximum atomic E-state index is 11.9. The van der Waals surface area contributed by atoms with Crippen molar-refractivity contribution >= 4 is 23.3 Å². The Morgan fingerprint density at radius 3 is 2.48 bits per heavy atom. The van der Waals surface area contributed by atoms with E-state index in [0.717, 1.165) is 5.56 Å². The van der Waals surface area contributed by atoms with Crippen LogP contribution in [0.3, 0.4) is 0 Å². The molecule has 0 unspecified atom stereocenters. The molecule has 0 bridgehead atoms. The Bertz CT molecular complexity index is 945. The van der Waals surface area contributed by atoms with Crippen molar-refractivity contribution in [1.29, 1.82) is 0 Å². The first-order chi connectivity index (χ1) is 10.1. The molecule has 6 heteroatoms. The standard InChI is InChI=1S/C15H14N4O2/c1-18-11(9-8-10-6-4-3-5-7-10)16-13-12(18)14(20)17-15(21)19(13)2/h3-9H,1-2H3,(H,17,20,21)/b9-8+. The van der Waals surface area contributed by atoms with E-state index in [2.05, 4.69) is 9.97 Å². The van der Waals surface area contributed by atoms with E-state index in [0.29, 0.717) is 17.0 Å². The molecule has 0 aliphatic heterocycles. The van der Waals surface area contributed by atoms with Crippen LogP contribution in [0, 0.1) is 0 Å². The first kappa shape index (κ1) is 13.1. The monoisotopic (exact) mass is 282 g/mol. The summed E-state index contributed by atoms with van der Waals surface area (Å²) in [5.74, 6) is 0.612. The summed E-state index contributed by atoms with van der Waals surface area (Å²) in [7, 11) is 3.33. The van der Waals surface area contributed by atoms with Gasteiger partial charge in [-0.05, 0) is 11.6 Å². The Labute approximate surface area is 120 Å². The molecule has 1 N–H and O–H groups in total. The number of aromatic amines is 1. The lowest BCUT2D eigenvalue weighted by molar-refractivity contribution is 0.829. The second-order valence-corrected chi connectivity index (χ2v) is 4.76. The molecule has 3 rings (SSSR count). The van der Waals surface area contributed by atoms with E-state index in [1.807, 2.05) is 42.5 Å². The lowest BCUT2D eigenvalue weighted by Crippen LogP contribution is -2.29. The quantitative estimate of drug-likeness (QED) is 0.766. The van der Waals surface area contributed by atoms with Crippen LogP contribution < -0.4 is 11.2 Å². The molecule has 0 saturated heterocycles. The molecule has 0 aliphatic carbocycles. The molecule has 0 amide bonds. The van der Waals surface area contributed by atoms with Crippen molar-refractivity contribution in [2.75, 3.05) is 0 Å². The number of fused-ring (bicyclic) bond motifs is 1. The van der Waals surface area contributed by atoms with Crippen LogP contribution in [0.4, 0.5) is 0 Å². The zero-order valence-corrected chi connectivity index (χ0v) is 11.7. The fraction of sp³-hybridized carbons (Fsp3) is 0.133. The van der Waals surface area contributed by atoms with E-state index in [1.54, 1.807) is 18.7 Å². The van der Waals surface area contributed by atoms with E-state index in [4.69, 9.17) is 0 Å². The minimum absolute atomic E-state index is 0.374. The van der Waals surface area contributed by atoms with Crippen LogP contribution in [0.1, 0.15) is 11.4 Å². The third-order valence-corrected chi connectivity index (χ3v) is 3.39. The van der Waals surface area contributed by atoms with Crippen LogP contribution in [-0.2, 0) is 14.1 Å². The van der Waals surface area contributed by atoms with Crippen molar-refractivity contribution in [2.45, 2.75) is 0 Å². The van der Waals surface area contributed by atoms with Crippen molar-refractivity contribution < 1.29 is 0 Å². The Hall–Kier alpha value is -2.89. The zero-order chi connectivity index (χ0) is 15.0. The Balaban J connectivity index is 2.17. The number of hydrogen-bond donors (Lipinski definition) is 1. The van der Waals surface area contributed by atoms with E-state index >= 15 is 0 Å². The van der Waals surface area contributed by atoms with Gasteiger partial charge in [0.25, 0.3) is 5.56 Å². The van der Waals surface area contributed by atoms with Gasteiger partial charge in [-0.1, -0.05) is 36.4 Å². The van der Waals surface area contributed by atoms with Gasteiger partial charge in [0.05, 0.1) is 0 Å². The molecule has 0 aliphatic rings. The highest BCUT2D eigenvalue weighted by Gasteiger charge is 2.12. The average Bonchev–Trinajstić information content (AvgIpc) is 2.81. The summed E-state index contributed by atoms with van der Waals surface area (Å²) < 4.78 is 3.00. The maximum absolute atomic E-state index is 11.9. The van der Waals surface area contributed by atoms with E-state index in [1.165, 1.54) is 4.57 Å². The summed E-state index contributed by atoms with van der Waals surface area (Å²) >= 11 is 0. The summed E-state index contributed by atoms with van der Waals surface area (Å²) in [4.78, 5) is 30.1. The Kier molecular flexibility index (Phi) is 3.06. The SMILES string of the molecule is Cn1c(/C=C/c2ccccc2)nc2c1c(=O)[nH]c(=O)n2C. The van der Waals surface area contributed by atoms with Crippen molar-refractivity contribution in [1.82, 2.24) is 19.1 Å². The third kappa shape index (κ3) is 2.20. The number of aromatic nitrogens is 4. The Morgan fingerprint density at radius 2 is 1.76 bits per heavy atom. The van der Waals surface area contributed by atoms with Gasteiger partial charge in [0, 0.05) is 14.1 Å². The lowest BCUT2D eigenvalue weighted by Gasteiger charge is -1.98. The van der Waals surface area contributed by atoms with Crippen molar-refractivity contribution in [3.63, 3.8) is 0 Å². The van der Waals surface area contributed by atoms with E-state index in [9.17, 15) is 9.59 Å². The molecule has 0 atom stereocenters. The molecule has 0 saturated carbocycles. The minimum atomic E-state index is -0.468. The fourth-order valence-corrected chi connectivity index (χ4v) is 2.21. The molecular formula is C15H14N4O2. The van der Waals surface area contributed by atoms with Crippen LogP contribution in [0.25, 0.3) is 23.3 Å². The van der Waals surface area contributed by atoms with E-state index in [-0.39, 0.29) is 0 Å². The van der Waals surface area contributed by atoms with Crippen LogP contribution in [0.5, 0.6) is 0 Å². The van der Waals surface area contributed by atoms with Crippen LogP contribution >= 0.6 is 0 Å². The van der Waals surface area contributed by atoms with Gasteiger partial charge in [-0.2, -0.15) is 0 Å². The maximum Gasteiger partial charge on any atom is 0.329 e. The Morgan fingerprint density at radius 1 is 1.05 bits per heavy atom. The highest BCUT2D eigenvalue weighted by Crippen LogP contribution is 2.11. The first-order valence-electron chi connectivity index (χ1n) is 6.47. The second-order valence-electron chi connectivity index (χ2n) is 4.76. The molecule has 6 nitrogen and oxygen atoms in total. The normalized spacial score (nSPS) is 11.5. The molecule has 2 heterocycles. The largest absolute Gasteiger partial charge is 0.329 e. The smallest absolute Gasteiger partial charge is 0.322 e. The summed E-state index contributed by atoms with van der Waals surface area (Å²) in [5, 5.41) is 0. The molecule has 1 aromatic carbocycles. The van der Waals surface area contributed by atoms with Gasteiger partial charge < -0.3 is 4.57 Å². The molecule has 0 fully saturated rings. The van der Waals surface area contributed by atoms with Gasteiger partial charge in [0.15, 0.2) is 11.2 Å². The van der Waals surface area contributed by atoms with Gasteiger partial charge in [0.1, 0.15) is 5.82 Å². The number of hydrogen-bond acceptors (Lipinski definition) is 3. The fourth-order valence-electron chi connectivity index (χ4n) is 2.21. The lowest BCUT2D eigenvalue weighted by atomic mass is 10.2. The molecule has 3 aromatic rings. The van der Waals surface area contributed by atoms with Gasteiger partial charge in [-0.3, -0.25) is 14.3 Å². The number of aryl methyl sites for hydroxylation is 2. The number of nitrogens with one attached hydrogen (secondary N) is 1. The predicted molar refractivity (Wildman–Crippen MR) is 81.9 cm³/mol. The summed E-state index contributed by atoms with van der Waals surface area (Å²) in [6.07, 6.45) is 3.73. The van der Waals surface area contributed by atoms with Gasteiger partial charge in [-0.15, -0.1) is 0 Å². The van der Waals surface area contributed by atoms with E-state index < -0.39 is 11.2 Å². The topological polar surface area (TPSA) is 72.7 Å². The van der Waals surface area contributed by atoms with Crippen molar-refractivity contribution in [3.05, 3.63) is 62.6 Å². The van der Waals surface area contributed by atoms with Gasteiger partial charge in [-0.25, -0.2) is 9.78 Å². The van der Waals surface area contributed by atoms with Crippen LogP contribution in [-0.4, -0.2) is 19.1 Å². The molecule has 0 spiro atoms. The summed E-state index contributed by atoms with van der Waals surface area (Å²) in [6, 6.07) is 9.79. The molecular weight excluding hydrogens is 268 g/mol. The van der Waals surface area contributed by atoms with Crippen molar-refractivity contribution in [2.24, 2.45) is 14.1 Å². The summed E-state index contributed by atoms with van der Waals surface area (Å²) in [6.45, 7) is 0. The number of imidazole rings is 1. The molecule has 0 radical (unpaired) electrons. The van der Waals surface area contributed by atoms with Crippen LogP contribution in [0.2, 0.25) is 0 Å². The van der Waals surface area contributed by atoms with Crippen LogP contribution in [0.15, 0.2) is 39.9 Å². The van der Waals surface area contributed by atoms with Gasteiger partial charge in [0.2, 0.25) is 0 Å². The third-order valence-electron chi connectivity index (χ3n) is 3.39. The highest BCUT2D eigenvalue weighted by molar-refractivity contribution is 5.76. The van der Waals surface area contributed by atoms with Crippen molar-refractivity contribution in [3.8, 4) is 0 Å². The van der Waals surface area contributed by atoms with Gasteiger partial charge >= 0.3 is 5.69 Å². The minimum Gasteiger partial charge on any atom is -0.322 e. The summed E-state index contributed by atoms with van der Waals surface area (Å²) in [5.41, 5.74) is 0.891. The second kappa shape index (κ2) is 4.90. The number of H-pyrrole nitrogens is 1. The highest BCUT2D eigenvalue weighted by atomic mass is 16.2.